The first-order valence-corrected chi connectivity index (χ1v) is 12.7. The molecule has 0 aliphatic rings. The van der Waals surface area contributed by atoms with Crippen molar-refractivity contribution in [3.8, 4) is 11.5 Å². The largest absolute Gasteiger partial charge is 0.457 e. The quantitative estimate of drug-likeness (QED) is 0.0964. The van der Waals surface area contributed by atoms with Crippen LogP contribution in [0.3, 0.4) is 0 Å². The van der Waals surface area contributed by atoms with Gasteiger partial charge in [0.1, 0.15) is 18.3 Å². The number of ether oxygens (including phenoxy) is 3. The van der Waals surface area contributed by atoms with Crippen molar-refractivity contribution in [3.05, 3.63) is 108 Å². The molecule has 0 bridgehead atoms. The van der Waals surface area contributed by atoms with Crippen molar-refractivity contribution in [3.63, 3.8) is 0 Å². The minimum absolute atomic E-state index is 0.0398. The number of hydrogen-bond acceptors (Lipinski definition) is 6. The normalized spacial score (nSPS) is 12.5. The number of benzene rings is 4. The molecular weight excluding hydrogens is 496 g/mol. The highest BCUT2D eigenvalue weighted by Gasteiger charge is 2.26. The maximum Gasteiger partial charge on any atom is 0.251 e. The molecule has 0 aliphatic heterocycles. The van der Waals surface area contributed by atoms with Crippen molar-refractivity contribution in [1.29, 1.82) is 0 Å². The van der Waals surface area contributed by atoms with Gasteiger partial charge in [-0.15, -0.1) is 0 Å². The van der Waals surface area contributed by atoms with E-state index in [1.165, 1.54) is 7.11 Å². The number of hydrogen-bond donors (Lipinski definition) is 3. The van der Waals surface area contributed by atoms with Gasteiger partial charge in [0.25, 0.3) is 5.91 Å². The number of carbonyl (C=O) groups excluding carboxylic acids is 2. The summed E-state index contributed by atoms with van der Waals surface area (Å²) in [6.45, 7) is 0.164. The van der Waals surface area contributed by atoms with Crippen LogP contribution in [0, 0.1) is 5.92 Å². The Labute approximate surface area is 227 Å². The van der Waals surface area contributed by atoms with E-state index in [0.717, 1.165) is 16.3 Å². The number of amides is 2. The third-order valence-corrected chi connectivity index (χ3v) is 6.35. The summed E-state index contributed by atoms with van der Waals surface area (Å²) in [6.07, 6.45) is 0.607. The molecule has 4 aromatic rings. The number of methoxy groups -OCH3 is 1. The molecule has 2 amide bonds. The minimum Gasteiger partial charge on any atom is -0.457 e. The summed E-state index contributed by atoms with van der Waals surface area (Å²) in [5, 5.41) is 14.5. The van der Waals surface area contributed by atoms with Crippen LogP contribution in [0.5, 0.6) is 11.5 Å². The highest BCUT2D eigenvalue weighted by molar-refractivity contribution is 5.94. The molecule has 4 aromatic carbocycles. The van der Waals surface area contributed by atoms with Crippen molar-refractivity contribution < 1.29 is 29.0 Å². The van der Waals surface area contributed by atoms with E-state index in [1.807, 2.05) is 72.8 Å². The molecule has 3 N–H and O–H groups in total. The fourth-order valence-corrected chi connectivity index (χ4v) is 4.46. The Morgan fingerprint density at radius 2 is 1.54 bits per heavy atom. The van der Waals surface area contributed by atoms with Gasteiger partial charge in [-0.3, -0.25) is 14.8 Å². The maximum atomic E-state index is 13.1. The summed E-state index contributed by atoms with van der Waals surface area (Å²) in [5.41, 5.74) is 3.19. The maximum absolute atomic E-state index is 13.1. The zero-order chi connectivity index (χ0) is 27.5. The van der Waals surface area contributed by atoms with E-state index in [-0.39, 0.29) is 25.7 Å². The van der Waals surface area contributed by atoms with Crippen molar-refractivity contribution in [2.75, 3.05) is 20.5 Å². The van der Waals surface area contributed by atoms with Crippen molar-refractivity contribution in [1.82, 2.24) is 10.8 Å². The van der Waals surface area contributed by atoms with Crippen LogP contribution in [0.2, 0.25) is 0 Å². The van der Waals surface area contributed by atoms with Gasteiger partial charge in [-0.25, -0.2) is 5.48 Å². The zero-order valence-electron chi connectivity index (χ0n) is 21.7. The lowest BCUT2D eigenvalue weighted by Gasteiger charge is -2.24. The second-order valence-electron chi connectivity index (χ2n) is 9.14. The SMILES string of the molecule is COCOC[C@H](C[C@H](Cc1cccc2ccccc12)C(=O)NO)NC(=O)c1ccc(Oc2ccccc2)cc1. The number of para-hydroxylation sites is 1. The molecule has 0 aliphatic carbocycles. The molecule has 8 heteroatoms. The molecule has 0 aromatic heterocycles. The molecule has 0 unspecified atom stereocenters. The second-order valence-corrected chi connectivity index (χ2v) is 9.14. The van der Waals surface area contributed by atoms with E-state index in [9.17, 15) is 14.8 Å². The number of rotatable bonds is 13. The summed E-state index contributed by atoms with van der Waals surface area (Å²) in [5.74, 6) is -0.173. The van der Waals surface area contributed by atoms with Crippen LogP contribution >= 0.6 is 0 Å². The van der Waals surface area contributed by atoms with Crippen LogP contribution in [0.4, 0.5) is 0 Å². The number of nitrogens with one attached hydrogen (secondary N) is 2. The van der Waals surface area contributed by atoms with Gasteiger partial charge in [-0.05, 0) is 65.6 Å². The Kier molecular flexibility index (Phi) is 10.0. The van der Waals surface area contributed by atoms with Gasteiger partial charge in [0.15, 0.2) is 0 Å². The third-order valence-electron chi connectivity index (χ3n) is 6.35. The molecule has 0 radical (unpaired) electrons. The molecule has 0 fully saturated rings. The molecule has 202 valence electrons. The lowest BCUT2D eigenvalue weighted by atomic mass is 9.89. The van der Waals surface area contributed by atoms with Crippen LogP contribution in [-0.4, -0.2) is 43.6 Å². The van der Waals surface area contributed by atoms with Gasteiger partial charge < -0.3 is 19.5 Å². The van der Waals surface area contributed by atoms with E-state index in [2.05, 4.69) is 5.32 Å². The summed E-state index contributed by atoms with van der Waals surface area (Å²) in [7, 11) is 1.51. The number of carbonyl (C=O) groups is 2. The molecule has 8 nitrogen and oxygen atoms in total. The predicted octanol–water partition coefficient (Wildman–Crippen LogP) is 5.11. The zero-order valence-corrected chi connectivity index (χ0v) is 21.7. The van der Waals surface area contributed by atoms with E-state index in [0.29, 0.717) is 23.5 Å². The molecule has 0 heterocycles. The standard InChI is InChI=1S/C31H32N2O6/c1-37-21-38-20-26(32-30(34)23-14-16-28(17-15-23)39-27-11-3-2-4-12-27)19-25(31(35)33-36)18-24-10-7-9-22-8-5-6-13-29(22)24/h2-17,25-26,36H,18-21H2,1H3,(H,32,34)(H,33,35)/t25-,26-/m0/s1. The fourth-order valence-electron chi connectivity index (χ4n) is 4.46. The van der Waals surface area contributed by atoms with Crippen molar-refractivity contribution >= 4 is 22.6 Å². The topological polar surface area (TPSA) is 106 Å². The van der Waals surface area contributed by atoms with E-state index < -0.39 is 17.9 Å². The lowest BCUT2D eigenvalue weighted by molar-refractivity contribution is -0.134. The van der Waals surface area contributed by atoms with Gasteiger partial charge in [0, 0.05) is 18.6 Å². The monoisotopic (exact) mass is 528 g/mol. The summed E-state index contributed by atoms with van der Waals surface area (Å²) < 4.78 is 16.3. The van der Waals surface area contributed by atoms with Crippen LogP contribution in [0.1, 0.15) is 22.3 Å². The molecule has 0 saturated carbocycles. The Bertz CT molecular complexity index is 1360. The van der Waals surface area contributed by atoms with Crippen LogP contribution in [0.25, 0.3) is 10.8 Å². The summed E-state index contributed by atoms with van der Waals surface area (Å²) in [4.78, 5) is 25.8. The smallest absolute Gasteiger partial charge is 0.251 e. The van der Waals surface area contributed by atoms with Gasteiger partial charge in [-0.2, -0.15) is 0 Å². The van der Waals surface area contributed by atoms with Gasteiger partial charge in [-0.1, -0.05) is 60.7 Å². The lowest BCUT2D eigenvalue weighted by Crippen LogP contribution is -2.42. The first kappa shape index (κ1) is 27.8. The summed E-state index contributed by atoms with van der Waals surface area (Å²) in [6, 6.07) is 29.5. The minimum atomic E-state index is -0.626. The van der Waals surface area contributed by atoms with Crippen LogP contribution in [-0.2, 0) is 20.7 Å². The van der Waals surface area contributed by atoms with Gasteiger partial charge in [0.05, 0.1) is 12.6 Å². The molecule has 2 atom stereocenters. The van der Waals surface area contributed by atoms with Crippen LogP contribution < -0.4 is 15.5 Å². The van der Waals surface area contributed by atoms with E-state index in [1.54, 1.807) is 29.7 Å². The van der Waals surface area contributed by atoms with E-state index in [4.69, 9.17) is 14.2 Å². The molecular formula is C31H32N2O6. The Morgan fingerprint density at radius 3 is 2.28 bits per heavy atom. The molecule has 0 saturated heterocycles. The van der Waals surface area contributed by atoms with Crippen molar-refractivity contribution in [2.24, 2.45) is 5.92 Å². The molecule has 4 rings (SSSR count). The number of hydroxylamine groups is 1. The summed E-state index contributed by atoms with van der Waals surface area (Å²) >= 11 is 0. The predicted molar refractivity (Wildman–Crippen MR) is 148 cm³/mol. The average Bonchev–Trinajstić information content (AvgIpc) is 2.97. The third kappa shape index (κ3) is 7.87. The van der Waals surface area contributed by atoms with Crippen LogP contribution in [0.15, 0.2) is 97.1 Å². The van der Waals surface area contributed by atoms with Gasteiger partial charge in [0.2, 0.25) is 5.91 Å². The Hall–Kier alpha value is -4.24. The Morgan fingerprint density at radius 1 is 0.846 bits per heavy atom. The van der Waals surface area contributed by atoms with E-state index >= 15 is 0 Å². The molecule has 39 heavy (non-hydrogen) atoms. The highest BCUT2D eigenvalue weighted by atomic mass is 16.7. The first-order valence-electron chi connectivity index (χ1n) is 12.7. The highest BCUT2D eigenvalue weighted by Crippen LogP contribution is 2.24. The first-order chi connectivity index (χ1) is 19.1. The second kappa shape index (κ2) is 14.1. The van der Waals surface area contributed by atoms with Crippen molar-refractivity contribution in [2.45, 2.75) is 18.9 Å². The number of fused-ring (bicyclic) bond motifs is 1. The Balaban J connectivity index is 1.47. The van der Waals surface area contributed by atoms with Gasteiger partial charge >= 0.3 is 0 Å². The molecule has 0 spiro atoms. The average molecular weight is 529 g/mol. The fraction of sp³-hybridized carbons (Fsp3) is 0.226.